The maximum absolute atomic E-state index is 9.19. The smallest absolute Gasteiger partial charge is 0.193 e. The van der Waals surface area contributed by atoms with Gasteiger partial charge in [-0.05, 0) is 24.7 Å². The van der Waals surface area contributed by atoms with E-state index < -0.39 is 8.38 Å². The van der Waals surface area contributed by atoms with Crippen LogP contribution in [-0.2, 0) is 9.05 Å². The average Bonchev–Trinajstić information content (AvgIpc) is 2.27. The SMILES string of the molecule is CNC(c1ccc(O)cc1)P(OC)OC. The number of phenols is 1. The topological polar surface area (TPSA) is 50.7 Å². The van der Waals surface area contributed by atoms with Crippen LogP contribution in [0.25, 0.3) is 0 Å². The Labute approximate surface area is 91.1 Å². The van der Waals surface area contributed by atoms with Crippen LogP contribution in [0.2, 0.25) is 0 Å². The molecule has 1 rings (SSSR count). The van der Waals surface area contributed by atoms with E-state index in [1.54, 1.807) is 26.4 Å². The van der Waals surface area contributed by atoms with E-state index in [4.69, 9.17) is 9.05 Å². The normalized spacial score (nSPS) is 13.1. The lowest BCUT2D eigenvalue weighted by Gasteiger charge is -2.23. The molecule has 1 atom stereocenters. The summed E-state index contributed by atoms with van der Waals surface area (Å²) < 4.78 is 10.5. The van der Waals surface area contributed by atoms with Gasteiger partial charge in [0.15, 0.2) is 8.38 Å². The molecule has 0 aliphatic heterocycles. The summed E-state index contributed by atoms with van der Waals surface area (Å²) in [6.45, 7) is 0. The van der Waals surface area contributed by atoms with Gasteiger partial charge in [-0.2, -0.15) is 0 Å². The molecule has 15 heavy (non-hydrogen) atoms. The van der Waals surface area contributed by atoms with Crippen molar-refractivity contribution < 1.29 is 14.2 Å². The molecule has 0 spiro atoms. The zero-order valence-electron chi connectivity index (χ0n) is 9.10. The van der Waals surface area contributed by atoms with E-state index in [2.05, 4.69) is 5.32 Å². The lowest BCUT2D eigenvalue weighted by Crippen LogP contribution is -2.15. The number of hydrogen-bond acceptors (Lipinski definition) is 4. The Morgan fingerprint density at radius 3 is 2.13 bits per heavy atom. The highest BCUT2D eigenvalue weighted by molar-refractivity contribution is 7.47. The number of nitrogens with one attached hydrogen (secondary N) is 1. The Hall–Kier alpha value is -0.670. The lowest BCUT2D eigenvalue weighted by molar-refractivity contribution is 0.326. The highest BCUT2D eigenvalue weighted by Crippen LogP contribution is 2.49. The Morgan fingerprint density at radius 2 is 1.73 bits per heavy atom. The molecule has 2 N–H and O–H groups in total. The van der Waals surface area contributed by atoms with Crippen molar-refractivity contribution in [2.24, 2.45) is 0 Å². The molecule has 0 saturated heterocycles. The van der Waals surface area contributed by atoms with E-state index >= 15 is 0 Å². The van der Waals surface area contributed by atoms with Crippen LogP contribution in [0.15, 0.2) is 24.3 Å². The summed E-state index contributed by atoms with van der Waals surface area (Å²) in [6.07, 6.45) is 0. The first kappa shape index (κ1) is 12.4. The predicted octanol–water partition coefficient (Wildman–Crippen LogP) is 2.21. The lowest BCUT2D eigenvalue weighted by atomic mass is 10.2. The monoisotopic (exact) mass is 229 g/mol. The third kappa shape index (κ3) is 3.14. The van der Waals surface area contributed by atoms with Crippen LogP contribution in [0.4, 0.5) is 0 Å². The van der Waals surface area contributed by atoms with Gasteiger partial charge in [-0.1, -0.05) is 12.1 Å². The van der Waals surface area contributed by atoms with Gasteiger partial charge in [-0.3, -0.25) is 0 Å². The van der Waals surface area contributed by atoms with Crippen molar-refractivity contribution in [2.75, 3.05) is 21.3 Å². The fourth-order valence-electron chi connectivity index (χ4n) is 1.34. The molecule has 0 radical (unpaired) electrons. The molecule has 0 amide bonds. The van der Waals surface area contributed by atoms with Crippen LogP contribution in [0.5, 0.6) is 5.75 Å². The summed E-state index contributed by atoms with van der Waals surface area (Å²) in [5.41, 5.74) is 1.03. The quantitative estimate of drug-likeness (QED) is 0.760. The van der Waals surface area contributed by atoms with E-state index in [1.807, 2.05) is 19.2 Å². The summed E-state index contributed by atoms with van der Waals surface area (Å²) in [6, 6.07) is 7.00. The Morgan fingerprint density at radius 1 is 1.20 bits per heavy atom. The molecule has 1 aromatic rings. The second-order valence-corrected chi connectivity index (χ2v) is 4.75. The molecule has 0 aromatic heterocycles. The minimum atomic E-state index is -0.998. The van der Waals surface area contributed by atoms with Gasteiger partial charge in [0, 0.05) is 14.2 Å². The molecular weight excluding hydrogens is 213 g/mol. The zero-order valence-corrected chi connectivity index (χ0v) is 9.99. The Kier molecular flexibility index (Phi) is 4.99. The van der Waals surface area contributed by atoms with E-state index in [0.717, 1.165) is 5.56 Å². The van der Waals surface area contributed by atoms with Gasteiger partial charge in [0.1, 0.15) is 11.5 Å². The minimum Gasteiger partial charge on any atom is -0.508 e. The predicted molar refractivity (Wildman–Crippen MR) is 60.8 cm³/mol. The summed E-state index contributed by atoms with van der Waals surface area (Å²) in [5, 5.41) is 12.3. The third-order valence-electron chi connectivity index (χ3n) is 2.05. The number of phenolic OH excluding ortho intramolecular Hbond substituents is 1. The maximum atomic E-state index is 9.19. The molecule has 1 unspecified atom stereocenters. The first-order valence-corrected chi connectivity index (χ1v) is 5.81. The average molecular weight is 229 g/mol. The molecule has 0 aliphatic rings. The number of aromatic hydroxyl groups is 1. The van der Waals surface area contributed by atoms with Gasteiger partial charge in [-0.25, -0.2) is 0 Å². The standard InChI is InChI=1S/C10H16NO3P/c1-11-10(15(13-2)14-3)8-4-6-9(12)7-5-8/h4-7,10-12H,1-3H3. The van der Waals surface area contributed by atoms with Gasteiger partial charge < -0.3 is 19.5 Å². The van der Waals surface area contributed by atoms with Crippen molar-refractivity contribution >= 4 is 8.38 Å². The second-order valence-electron chi connectivity index (χ2n) is 2.93. The molecular formula is C10H16NO3P. The van der Waals surface area contributed by atoms with Crippen LogP contribution in [-0.4, -0.2) is 26.4 Å². The van der Waals surface area contributed by atoms with Crippen molar-refractivity contribution in [3.8, 4) is 5.75 Å². The maximum Gasteiger partial charge on any atom is 0.193 e. The van der Waals surface area contributed by atoms with Crippen LogP contribution < -0.4 is 5.32 Å². The Balaban J connectivity index is 2.86. The molecule has 84 valence electrons. The molecule has 1 aromatic carbocycles. The molecule has 0 saturated carbocycles. The number of rotatable bonds is 5. The van der Waals surface area contributed by atoms with Crippen molar-refractivity contribution in [3.05, 3.63) is 29.8 Å². The number of hydrogen-bond donors (Lipinski definition) is 2. The largest absolute Gasteiger partial charge is 0.508 e. The van der Waals surface area contributed by atoms with Crippen molar-refractivity contribution in [3.63, 3.8) is 0 Å². The van der Waals surface area contributed by atoms with Gasteiger partial charge in [0.25, 0.3) is 0 Å². The summed E-state index contributed by atoms with van der Waals surface area (Å²) in [7, 11) is 4.10. The summed E-state index contributed by atoms with van der Waals surface area (Å²) in [4.78, 5) is 0. The van der Waals surface area contributed by atoms with Crippen molar-refractivity contribution in [2.45, 2.75) is 5.78 Å². The first-order chi connectivity index (χ1) is 7.22. The van der Waals surface area contributed by atoms with Crippen molar-refractivity contribution in [1.29, 1.82) is 0 Å². The Bertz CT molecular complexity index is 287. The number of benzene rings is 1. The fourth-order valence-corrected chi connectivity index (χ4v) is 2.53. The van der Waals surface area contributed by atoms with Crippen LogP contribution in [0.1, 0.15) is 11.3 Å². The molecule has 4 nitrogen and oxygen atoms in total. The van der Waals surface area contributed by atoms with E-state index in [-0.39, 0.29) is 11.5 Å². The van der Waals surface area contributed by atoms with Crippen LogP contribution in [0.3, 0.4) is 0 Å². The van der Waals surface area contributed by atoms with Gasteiger partial charge in [0.05, 0.1) is 0 Å². The van der Waals surface area contributed by atoms with E-state index in [0.29, 0.717) is 0 Å². The highest BCUT2D eigenvalue weighted by Gasteiger charge is 2.21. The van der Waals surface area contributed by atoms with Gasteiger partial charge >= 0.3 is 0 Å². The molecule has 0 fully saturated rings. The van der Waals surface area contributed by atoms with E-state index in [9.17, 15) is 5.11 Å². The fraction of sp³-hybridized carbons (Fsp3) is 0.400. The molecule has 0 aliphatic carbocycles. The van der Waals surface area contributed by atoms with Crippen LogP contribution in [0, 0.1) is 0 Å². The van der Waals surface area contributed by atoms with Gasteiger partial charge in [-0.15, -0.1) is 0 Å². The van der Waals surface area contributed by atoms with Crippen LogP contribution >= 0.6 is 8.38 Å². The third-order valence-corrected chi connectivity index (χ3v) is 3.75. The zero-order chi connectivity index (χ0) is 11.3. The minimum absolute atomic E-state index is 0.00981. The van der Waals surface area contributed by atoms with Gasteiger partial charge in [0.2, 0.25) is 0 Å². The molecule has 5 heteroatoms. The molecule has 0 heterocycles. The highest BCUT2D eigenvalue weighted by atomic mass is 31.2. The van der Waals surface area contributed by atoms with E-state index in [1.165, 1.54) is 0 Å². The first-order valence-electron chi connectivity index (χ1n) is 4.56. The second kappa shape index (κ2) is 6.03. The summed E-state index contributed by atoms with van der Waals surface area (Å²) in [5.74, 6) is 0.267. The molecule has 0 bridgehead atoms. The van der Waals surface area contributed by atoms with Crippen molar-refractivity contribution in [1.82, 2.24) is 5.32 Å². The summed E-state index contributed by atoms with van der Waals surface area (Å²) >= 11 is 0.